The van der Waals surface area contributed by atoms with Gasteiger partial charge in [0.2, 0.25) is 0 Å². The number of alkyl halides is 2. The molecule has 0 amide bonds. The molecule has 0 radical (unpaired) electrons. The summed E-state index contributed by atoms with van der Waals surface area (Å²) in [7, 11) is 1.25. The zero-order valence-electron chi connectivity index (χ0n) is 12.2. The van der Waals surface area contributed by atoms with Crippen molar-refractivity contribution in [3.63, 3.8) is 0 Å². The summed E-state index contributed by atoms with van der Waals surface area (Å²) >= 11 is 0. The first-order valence-corrected chi connectivity index (χ1v) is 6.42. The molecule has 0 aliphatic rings. The van der Waals surface area contributed by atoms with E-state index in [1.54, 1.807) is 0 Å². The molecule has 0 fully saturated rings. The maximum Gasteiger partial charge on any atom is 0.332 e. The summed E-state index contributed by atoms with van der Waals surface area (Å²) in [6.07, 6.45) is 0. The lowest BCUT2D eigenvalue weighted by atomic mass is 10.2. The van der Waals surface area contributed by atoms with E-state index in [2.05, 4.69) is 5.32 Å². The van der Waals surface area contributed by atoms with Gasteiger partial charge in [0.25, 0.3) is 11.5 Å². The first kappa shape index (κ1) is 17.2. The van der Waals surface area contributed by atoms with E-state index in [0.717, 1.165) is 9.13 Å². The molecule has 1 heterocycles. The molecule has 0 aliphatic carbocycles. The Kier molecular flexibility index (Phi) is 5.10. The fraction of sp³-hybridized carbons (Fsp3) is 0.667. The third-order valence-electron chi connectivity index (χ3n) is 2.89. The summed E-state index contributed by atoms with van der Waals surface area (Å²) in [5, 5.41) is 10.7. The van der Waals surface area contributed by atoms with Gasteiger partial charge in [-0.1, -0.05) is 13.8 Å². The third kappa shape index (κ3) is 3.81. The first-order chi connectivity index (χ1) is 9.60. The Hall–Kier alpha value is -1.90. The van der Waals surface area contributed by atoms with Crippen molar-refractivity contribution in [2.45, 2.75) is 26.3 Å². The van der Waals surface area contributed by atoms with Crippen molar-refractivity contribution in [3.05, 3.63) is 20.8 Å². The normalized spacial score (nSPS) is 12.0. The highest BCUT2D eigenvalue weighted by atomic mass is 19.3. The maximum absolute atomic E-state index is 13.1. The van der Waals surface area contributed by atoms with Crippen LogP contribution in [-0.2, 0) is 13.6 Å². The van der Waals surface area contributed by atoms with Gasteiger partial charge in [-0.2, -0.15) is 0 Å². The number of aliphatic hydroxyl groups is 1. The number of nitrogens with zero attached hydrogens (tertiary/aromatic N) is 2. The van der Waals surface area contributed by atoms with Crippen molar-refractivity contribution in [1.82, 2.24) is 9.13 Å². The highest BCUT2D eigenvalue weighted by molar-refractivity contribution is 5.60. The number of nitrogen functional groups attached to an aromatic ring is 1. The van der Waals surface area contributed by atoms with E-state index in [0.29, 0.717) is 0 Å². The quantitative estimate of drug-likeness (QED) is 0.677. The zero-order chi connectivity index (χ0) is 16.4. The van der Waals surface area contributed by atoms with E-state index in [1.807, 2.05) is 13.8 Å². The number of rotatable bonds is 6. The lowest BCUT2D eigenvalue weighted by Gasteiger charge is -2.19. The summed E-state index contributed by atoms with van der Waals surface area (Å²) < 4.78 is 28.1. The molecule has 0 bridgehead atoms. The Balaban J connectivity index is 3.29. The molecule has 1 rings (SSSR count). The highest BCUT2D eigenvalue weighted by Gasteiger charge is 2.28. The number of nitrogens with one attached hydrogen (secondary N) is 1. The number of nitrogens with two attached hydrogens (primary N) is 1. The predicted molar refractivity (Wildman–Crippen MR) is 75.7 cm³/mol. The van der Waals surface area contributed by atoms with Crippen molar-refractivity contribution in [2.75, 3.05) is 24.2 Å². The smallest absolute Gasteiger partial charge is 0.332 e. The van der Waals surface area contributed by atoms with Crippen molar-refractivity contribution in [2.24, 2.45) is 13.0 Å². The molecule has 1 aromatic heterocycles. The summed E-state index contributed by atoms with van der Waals surface area (Å²) in [6.45, 7) is 1.65. The fourth-order valence-electron chi connectivity index (χ4n) is 1.76. The van der Waals surface area contributed by atoms with Gasteiger partial charge in [0.05, 0.1) is 6.54 Å². The number of aromatic nitrogens is 2. The number of hydrogen-bond donors (Lipinski definition) is 3. The monoisotopic (exact) mass is 306 g/mol. The first-order valence-electron chi connectivity index (χ1n) is 6.42. The topological polar surface area (TPSA) is 102 Å². The van der Waals surface area contributed by atoms with Crippen LogP contribution in [0.15, 0.2) is 9.59 Å². The van der Waals surface area contributed by atoms with E-state index >= 15 is 0 Å². The molecular weight excluding hydrogens is 286 g/mol. The lowest BCUT2D eigenvalue weighted by molar-refractivity contribution is -0.0373. The molecule has 0 aliphatic heterocycles. The van der Waals surface area contributed by atoms with Gasteiger partial charge < -0.3 is 16.2 Å². The Bertz CT molecular complexity index is 622. The van der Waals surface area contributed by atoms with Gasteiger partial charge in [0.15, 0.2) is 0 Å². The molecule has 0 atom stereocenters. The fourth-order valence-corrected chi connectivity index (χ4v) is 1.76. The molecule has 0 saturated carbocycles. The highest BCUT2D eigenvalue weighted by Crippen LogP contribution is 2.16. The van der Waals surface area contributed by atoms with E-state index in [-0.39, 0.29) is 24.0 Å². The Morgan fingerprint density at radius 3 is 2.43 bits per heavy atom. The van der Waals surface area contributed by atoms with Crippen LogP contribution in [0.5, 0.6) is 0 Å². The number of hydrogen-bond acceptors (Lipinski definition) is 5. The number of aliphatic hydroxyl groups excluding tert-OH is 1. The average molecular weight is 306 g/mol. The molecule has 0 saturated heterocycles. The molecule has 21 heavy (non-hydrogen) atoms. The molecule has 7 nitrogen and oxygen atoms in total. The summed E-state index contributed by atoms with van der Waals surface area (Å²) in [4.78, 5) is 23.9. The number of halogens is 2. The summed E-state index contributed by atoms with van der Waals surface area (Å²) in [5.41, 5.74) is 4.09. The van der Waals surface area contributed by atoms with Crippen LogP contribution in [0.25, 0.3) is 0 Å². The molecule has 120 valence electrons. The standard InChI is InChI=1S/C12H20F2N4O3/c1-7(2)4-18-9(15)8(10(20)17(3)11(18)21)16-5-12(13,14)6-19/h7,16,19H,4-6,15H2,1-3H3. The summed E-state index contributed by atoms with van der Waals surface area (Å²) in [6, 6.07) is 0. The Labute approximate surface area is 120 Å². The molecule has 0 unspecified atom stereocenters. The van der Waals surface area contributed by atoms with Crippen molar-refractivity contribution < 1.29 is 13.9 Å². The van der Waals surface area contributed by atoms with E-state index < -0.39 is 30.3 Å². The largest absolute Gasteiger partial charge is 0.390 e. The average Bonchev–Trinajstić information content (AvgIpc) is 2.41. The van der Waals surface area contributed by atoms with Crippen LogP contribution in [0.1, 0.15) is 13.8 Å². The summed E-state index contributed by atoms with van der Waals surface area (Å²) in [5.74, 6) is -3.50. The van der Waals surface area contributed by atoms with Gasteiger partial charge >= 0.3 is 5.69 Å². The second-order valence-electron chi connectivity index (χ2n) is 5.28. The second kappa shape index (κ2) is 6.25. The Morgan fingerprint density at radius 1 is 1.38 bits per heavy atom. The molecule has 1 aromatic rings. The van der Waals surface area contributed by atoms with Gasteiger partial charge in [0.1, 0.15) is 18.1 Å². The Morgan fingerprint density at radius 2 is 1.95 bits per heavy atom. The van der Waals surface area contributed by atoms with Crippen LogP contribution in [0.4, 0.5) is 20.3 Å². The van der Waals surface area contributed by atoms with E-state index in [9.17, 15) is 18.4 Å². The second-order valence-corrected chi connectivity index (χ2v) is 5.28. The van der Waals surface area contributed by atoms with E-state index in [1.165, 1.54) is 7.05 Å². The van der Waals surface area contributed by atoms with Crippen molar-refractivity contribution in [1.29, 1.82) is 0 Å². The number of anilines is 2. The van der Waals surface area contributed by atoms with Gasteiger partial charge in [-0.05, 0) is 5.92 Å². The van der Waals surface area contributed by atoms with Gasteiger partial charge in [0, 0.05) is 13.6 Å². The van der Waals surface area contributed by atoms with Crippen molar-refractivity contribution >= 4 is 11.5 Å². The minimum Gasteiger partial charge on any atom is -0.390 e. The molecule has 0 spiro atoms. The predicted octanol–water partition coefficient (Wildman–Crippen LogP) is -0.175. The molecule has 4 N–H and O–H groups in total. The molecular formula is C12H20F2N4O3. The maximum atomic E-state index is 13.1. The van der Waals surface area contributed by atoms with Gasteiger partial charge in [-0.15, -0.1) is 0 Å². The van der Waals surface area contributed by atoms with E-state index in [4.69, 9.17) is 10.8 Å². The van der Waals surface area contributed by atoms with Crippen LogP contribution in [-0.4, -0.2) is 33.3 Å². The minimum absolute atomic E-state index is 0.0780. The molecule has 0 aromatic carbocycles. The zero-order valence-corrected chi connectivity index (χ0v) is 12.2. The van der Waals surface area contributed by atoms with Crippen molar-refractivity contribution in [3.8, 4) is 0 Å². The van der Waals surface area contributed by atoms with Gasteiger partial charge in [-0.3, -0.25) is 13.9 Å². The molecule has 9 heteroatoms. The van der Waals surface area contributed by atoms with Crippen LogP contribution in [0.3, 0.4) is 0 Å². The third-order valence-corrected chi connectivity index (χ3v) is 2.89. The minimum atomic E-state index is -3.39. The SMILES string of the molecule is CC(C)Cn1c(N)c(NCC(F)(F)CO)c(=O)n(C)c1=O. The lowest BCUT2D eigenvalue weighted by Crippen LogP contribution is -2.42. The van der Waals surface area contributed by atoms with Crippen LogP contribution in [0.2, 0.25) is 0 Å². The van der Waals surface area contributed by atoms with Crippen LogP contribution in [0, 0.1) is 5.92 Å². The van der Waals surface area contributed by atoms with Crippen LogP contribution >= 0.6 is 0 Å². The van der Waals surface area contributed by atoms with Gasteiger partial charge in [-0.25, -0.2) is 13.6 Å². The van der Waals surface area contributed by atoms with Crippen LogP contribution < -0.4 is 22.3 Å².